The maximum atomic E-state index is 12.3. The van der Waals surface area contributed by atoms with Gasteiger partial charge < -0.3 is 21.1 Å². The molecule has 0 aliphatic heterocycles. The third-order valence-electron chi connectivity index (χ3n) is 4.20. The smallest absolute Gasteiger partial charge is 0.320 e. The summed E-state index contributed by atoms with van der Waals surface area (Å²) in [6.07, 6.45) is 4.42. The predicted molar refractivity (Wildman–Crippen MR) is 113 cm³/mol. The molecule has 29 heavy (non-hydrogen) atoms. The minimum Gasteiger partial charge on any atom is -0.394 e. The standard InChI is InChI=1S/C21H22N6O2/c1-14-9-17(7-8-23-14)25-18-12-24-20(10-16(18)11-22)27-21(29)26-19(13-28)15-5-3-2-4-6-15/h2-12,19,22,28H,13H2,1H3,(H,23,25)(H2,24,26,27,29). The lowest BCUT2D eigenvalue weighted by atomic mass is 10.1. The summed E-state index contributed by atoms with van der Waals surface area (Å²) in [6.45, 7) is 1.66. The number of carbonyl (C=O) groups is 1. The van der Waals surface area contributed by atoms with Gasteiger partial charge in [-0.1, -0.05) is 30.3 Å². The first-order chi connectivity index (χ1) is 14.1. The number of carbonyl (C=O) groups excluding carboxylic acids is 1. The molecule has 8 heteroatoms. The van der Waals surface area contributed by atoms with Crippen LogP contribution in [0.4, 0.5) is 22.0 Å². The Hall–Kier alpha value is -3.78. The fourth-order valence-corrected chi connectivity index (χ4v) is 2.77. The number of aryl methyl sites for hydroxylation is 1. The average Bonchev–Trinajstić information content (AvgIpc) is 2.73. The van der Waals surface area contributed by atoms with E-state index in [-0.39, 0.29) is 6.61 Å². The van der Waals surface area contributed by atoms with E-state index in [4.69, 9.17) is 5.41 Å². The number of nitrogens with zero attached hydrogens (tertiary/aromatic N) is 2. The Morgan fingerprint density at radius 1 is 1.21 bits per heavy atom. The van der Waals surface area contributed by atoms with E-state index in [2.05, 4.69) is 25.9 Å². The normalized spacial score (nSPS) is 11.4. The molecule has 0 aliphatic rings. The highest BCUT2D eigenvalue weighted by Gasteiger charge is 2.14. The van der Waals surface area contributed by atoms with Gasteiger partial charge in [0, 0.05) is 29.4 Å². The molecule has 2 aromatic heterocycles. The minimum atomic E-state index is -0.533. The molecule has 148 valence electrons. The van der Waals surface area contributed by atoms with Gasteiger partial charge in [0.25, 0.3) is 0 Å². The Labute approximate surface area is 168 Å². The van der Waals surface area contributed by atoms with Crippen molar-refractivity contribution < 1.29 is 9.90 Å². The lowest BCUT2D eigenvalue weighted by Crippen LogP contribution is -2.34. The van der Waals surface area contributed by atoms with E-state index in [1.807, 2.05) is 49.4 Å². The van der Waals surface area contributed by atoms with E-state index in [9.17, 15) is 9.90 Å². The molecule has 5 N–H and O–H groups in total. The van der Waals surface area contributed by atoms with Crippen molar-refractivity contribution in [2.45, 2.75) is 13.0 Å². The molecule has 0 spiro atoms. The van der Waals surface area contributed by atoms with Gasteiger partial charge in [-0.15, -0.1) is 0 Å². The van der Waals surface area contributed by atoms with E-state index < -0.39 is 12.1 Å². The van der Waals surface area contributed by atoms with E-state index in [1.54, 1.807) is 18.5 Å². The zero-order valence-electron chi connectivity index (χ0n) is 15.9. The highest BCUT2D eigenvalue weighted by molar-refractivity contribution is 5.92. The van der Waals surface area contributed by atoms with Gasteiger partial charge in [0.05, 0.1) is 24.5 Å². The summed E-state index contributed by atoms with van der Waals surface area (Å²) in [5.74, 6) is 0.294. The second kappa shape index (κ2) is 9.43. The summed E-state index contributed by atoms with van der Waals surface area (Å²) in [4.78, 5) is 20.7. The first-order valence-corrected chi connectivity index (χ1v) is 9.02. The fourth-order valence-electron chi connectivity index (χ4n) is 2.77. The number of aliphatic hydroxyl groups excluding tert-OH is 1. The number of nitrogens with one attached hydrogen (secondary N) is 4. The lowest BCUT2D eigenvalue weighted by Gasteiger charge is -2.17. The highest BCUT2D eigenvalue weighted by Crippen LogP contribution is 2.21. The number of urea groups is 1. The summed E-state index contributed by atoms with van der Waals surface area (Å²) in [6, 6.07) is 13.5. The topological polar surface area (TPSA) is 123 Å². The van der Waals surface area contributed by atoms with Crippen molar-refractivity contribution in [2.75, 3.05) is 17.2 Å². The first-order valence-electron chi connectivity index (χ1n) is 9.02. The zero-order valence-corrected chi connectivity index (χ0v) is 15.9. The van der Waals surface area contributed by atoms with Gasteiger partial charge in [-0.2, -0.15) is 0 Å². The molecule has 1 unspecified atom stereocenters. The molecule has 0 aliphatic carbocycles. The predicted octanol–water partition coefficient (Wildman–Crippen LogP) is 3.38. The van der Waals surface area contributed by atoms with Crippen LogP contribution in [0.3, 0.4) is 0 Å². The zero-order chi connectivity index (χ0) is 20.6. The molecule has 2 heterocycles. The van der Waals surface area contributed by atoms with Crippen molar-refractivity contribution >= 4 is 29.4 Å². The maximum absolute atomic E-state index is 12.3. The van der Waals surface area contributed by atoms with Gasteiger partial charge in [0.15, 0.2) is 0 Å². The molecular weight excluding hydrogens is 368 g/mol. The van der Waals surface area contributed by atoms with Crippen LogP contribution in [0.15, 0.2) is 60.9 Å². The molecule has 3 rings (SSSR count). The number of anilines is 3. The van der Waals surface area contributed by atoms with Crippen LogP contribution in [0.5, 0.6) is 0 Å². The molecule has 0 saturated heterocycles. The van der Waals surface area contributed by atoms with Crippen LogP contribution in [-0.2, 0) is 0 Å². The van der Waals surface area contributed by atoms with E-state index in [0.717, 1.165) is 16.9 Å². The summed E-state index contributed by atoms with van der Waals surface area (Å²) in [7, 11) is 0. The second-order valence-electron chi connectivity index (χ2n) is 6.36. The molecule has 1 atom stereocenters. The minimum absolute atomic E-state index is 0.231. The fraction of sp³-hybridized carbons (Fsp3) is 0.143. The largest absolute Gasteiger partial charge is 0.394 e. The second-order valence-corrected chi connectivity index (χ2v) is 6.36. The quantitative estimate of drug-likeness (QED) is 0.396. The van der Waals surface area contributed by atoms with Crippen LogP contribution in [0, 0.1) is 12.3 Å². The third kappa shape index (κ3) is 5.36. The van der Waals surface area contributed by atoms with Crippen LogP contribution in [-0.4, -0.2) is 33.9 Å². The van der Waals surface area contributed by atoms with Crippen LogP contribution >= 0.6 is 0 Å². The Balaban J connectivity index is 1.69. The van der Waals surface area contributed by atoms with Crippen LogP contribution in [0.25, 0.3) is 0 Å². The molecular formula is C21H22N6O2. The molecule has 0 bridgehead atoms. The highest BCUT2D eigenvalue weighted by atomic mass is 16.3. The van der Waals surface area contributed by atoms with Crippen molar-refractivity contribution in [3.8, 4) is 0 Å². The van der Waals surface area contributed by atoms with E-state index in [1.165, 1.54) is 6.21 Å². The number of benzene rings is 1. The SMILES string of the molecule is Cc1cc(Nc2cnc(NC(=O)NC(CO)c3ccccc3)cc2C=N)ccn1. The van der Waals surface area contributed by atoms with Gasteiger partial charge in [-0.3, -0.25) is 10.3 Å². The van der Waals surface area contributed by atoms with Gasteiger partial charge >= 0.3 is 6.03 Å². The lowest BCUT2D eigenvalue weighted by molar-refractivity contribution is 0.225. The van der Waals surface area contributed by atoms with Crippen LogP contribution in [0.1, 0.15) is 22.9 Å². The molecule has 0 saturated carbocycles. The average molecular weight is 390 g/mol. The summed E-state index contributed by atoms with van der Waals surface area (Å²) < 4.78 is 0. The molecule has 8 nitrogen and oxygen atoms in total. The summed E-state index contributed by atoms with van der Waals surface area (Å²) in [5.41, 5.74) is 3.69. The van der Waals surface area contributed by atoms with E-state index >= 15 is 0 Å². The monoisotopic (exact) mass is 390 g/mol. The summed E-state index contributed by atoms with van der Waals surface area (Å²) in [5, 5.41) is 25.8. The number of hydrogen-bond donors (Lipinski definition) is 5. The van der Waals surface area contributed by atoms with E-state index in [0.29, 0.717) is 17.1 Å². The van der Waals surface area contributed by atoms with Crippen LogP contribution < -0.4 is 16.0 Å². The molecule has 0 fully saturated rings. The van der Waals surface area contributed by atoms with Gasteiger partial charge in [-0.05, 0) is 30.7 Å². The third-order valence-corrected chi connectivity index (χ3v) is 4.20. The number of amides is 2. The number of aromatic nitrogens is 2. The number of hydrogen-bond acceptors (Lipinski definition) is 6. The van der Waals surface area contributed by atoms with Gasteiger partial charge in [-0.25, -0.2) is 9.78 Å². The number of rotatable bonds is 7. The Bertz CT molecular complexity index is 993. The van der Waals surface area contributed by atoms with Crippen molar-refractivity contribution in [3.63, 3.8) is 0 Å². The molecule has 0 radical (unpaired) electrons. The molecule has 1 aromatic carbocycles. The Morgan fingerprint density at radius 3 is 2.69 bits per heavy atom. The van der Waals surface area contributed by atoms with Crippen LogP contribution in [0.2, 0.25) is 0 Å². The van der Waals surface area contributed by atoms with Crippen molar-refractivity contribution in [2.24, 2.45) is 0 Å². The van der Waals surface area contributed by atoms with Crippen molar-refractivity contribution in [1.82, 2.24) is 15.3 Å². The number of aliphatic hydroxyl groups is 1. The maximum Gasteiger partial charge on any atom is 0.320 e. The molecule has 3 aromatic rings. The van der Waals surface area contributed by atoms with Gasteiger partial charge in [0.2, 0.25) is 0 Å². The van der Waals surface area contributed by atoms with Gasteiger partial charge in [0.1, 0.15) is 5.82 Å². The van der Waals surface area contributed by atoms with Crippen molar-refractivity contribution in [3.05, 3.63) is 77.7 Å². The Morgan fingerprint density at radius 2 is 2.00 bits per heavy atom. The summed E-state index contributed by atoms with van der Waals surface area (Å²) >= 11 is 0. The molecule has 2 amide bonds. The van der Waals surface area contributed by atoms with Crippen molar-refractivity contribution in [1.29, 1.82) is 5.41 Å². The Kier molecular flexibility index (Phi) is 6.49. The number of pyridine rings is 2. The first kappa shape index (κ1) is 20.0.